The molecule has 3 aromatic rings. The number of nitrogens with one attached hydrogen (secondary N) is 3. The summed E-state index contributed by atoms with van der Waals surface area (Å²) in [4.78, 5) is 28.3. The molecule has 0 aliphatic heterocycles. The van der Waals surface area contributed by atoms with Gasteiger partial charge in [-0.15, -0.1) is 0 Å². The SMILES string of the molecule is O=C(c1cn[nH]c1)c1ccc2[nH]c(=O)[nH]c2c1. The highest BCUT2D eigenvalue weighted by Crippen LogP contribution is 2.13. The predicted molar refractivity (Wildman–Crippen MR) is 60.9 cm³/mol. The van der Waals surface area contributed by atoms with E-state index >= 15 is 0 Å². The highest BCUT2D eigenvalue weighted by molar-refractivity contribution is 6.09. The van der Waals surface area contributed by atoms with Crippen LogP contribution in [0.25, 0.3) is 11.0 Å². The number of aromatic nitrogens is 4. The van der Waals surface area contributed by atoms with Crippen LogP contribution in [0.4, 0.5) is 0 Å². The van der Waals surface area contributed by atoms with Crippen LogP contribution < -0.4 is 5.69 Å². The molecule has 17 heavy (non-hydrogen) atoms. The van der Waals surface area contributed by atoms with Gasteiger partial charge in [0.2, 0.25) is 0 Å². The first-order valence-corrected chi connectivity index (χ1v) is 4.99. The number of fused-ring (bicyclic) bond motifs is 1. The largest absolute Gasteiger partial charge is 0.323 e. The molecule has 0 aliphatic rings. The minimum atomic E-state index is -0.284. The highest BCUT2D eigenvalue weighted by Gasteiger charge is 2.11. The number of nitrogens with zero attached hydrogens (tertiary/aromatic N) is 1. The Morgan fingerprint density at radius 1 is 1.12 bits per heavy atom. The molecule has 0 saturated carbocycles. The van der Waals surface area contributed by atoms with E-state index in [1.165, 1.54) is 12.4 Å². The monoisotopic (exact) mass is 228 g/mol. The minimum Gasteiger partial charge on any atom is -0.306 e. The molecule has 84 valence electrons. The summed E-state index contributed by atoms with van der Waals surface area (Å²) >= 11 is 0. The van der Waals surface area contributed by atoms with Crippen molar-refractivity contribution in [3.05, 3.63) is 52.2 Å². The number of H-pyrrole nitrogens is 3. The lowest BCUT2D eigenvalue weighted by atomic mass is 10.1. The number of hydrogen-bond donors (Lipinski definition) is 3. The maximum Gasteiger partial charge on any atom is 0.323 e. The van der Waals surface area contributed by atoms with Crippen molar-refractivity contribution in [2.24, 2.45) is 0 Å². The van der Waals surface area contributed by atoms with Gasteiger partial charge in [-0.3, -0.25) is 9.89 Å². The van der Waals surface area contributed by atoms with Crippen molar-refractivity contribution in [1.29, 1.82) is 0 Å². The first-order chi connectivity index (χ1) is 8.24. The van der Waals surface area contributed by atoms with Gasteiger partial charge in [-0.1, -0.05) is 0 Å². The lowest BCUT2D eigenvalue weighted by Crippen LogP contribution is -2.00. The van der Waals surface area contributed by atoms with E-state index in [2.05, 4.69) is 20.2 Å². The van der Waals surface area contributed by atoms with E-state index in [0.717, 1.165) is 0 Å². The zero-order valence-corrected chi connectivity index (χ0v) is 8.65. The van der Waals surface area contributed by atoms with Gasteiger partial charge in [-0.25, -0.2) is 4.79 Å². The van der Waals surface area contributed by atoms with Gasteiger partial charge in [0.05, 0.1) is 22.8 Å². The van der Waals surface area contributed by atoms with Crippen molar-refractivity contribution in [3.8, 4) is 0 Å². The Morgan fingerprint density at radius 2 is 1.94 bits per heavy atom. The van der Waals surface area contributed by atoms with Crippen molar-refractivity contribution in [3.63, 3.8) is 0 Å². The summed E-state index contributed by atoms with van der Waals surface area (Å²) in [6.45, 7) is 0. The zero-order valence-electron chi connectivity index (χ0n) is 8.65. The van der Waals surface area contributed by atoms with Crippen LogP contribution in [0.1, 0.15) is 15.9 Å². The van der Waals surface area contributed by atoms with Gasteiger partial charge in [0, 0.05) is 11.8 Å². The molecular formula is C11H8N4O2. The topological polar surface area (TPSA) is 94.4 Å². The van der Waals surface area contributed by atoms with Crippen molar-refractivity contribution < 1.29 is 4.79 Å². The third-order valence-corrected chi connectivity index (χ3v) is 2.54. The Hall–Kier alpha value is -2.63. The first-order valence-electron chi connectivity index (χ1n) is 4.99. The Kier molecular flexibility index (Phi) is 1.94. The molecule has 0 spiro atoms. The third kappa shape index (κ3) is 1.55. The quantitative estimate of drug-likeness (QED) is 0.566. The van der Waals surface area contributed by atoms with Crippen LogP contribution in [0, 0.1) is 0 Å². The van der Waals surface area contributed by atoms with Gasteiger partial charge in [0.15, 0.2) is 5.78 Å². The molecule has 1 aromatic carbocycles. The van der Waals surface area contributed by atoms with Crippen molar-refractivity contribution >= 4 is 16.8 Å². The van der Waals surface area contributed by atoms with Gasteiger partial charge in [-0.2, -0.15) is 5.10 Å². The lowest BCUT2D eigenvalue weighted by Gasteiger charge is -1.97. The van der Waals surface area contributed by atoms with Crippen LogP contribution in [0.3, 0.4) is 0 Å². The van der Waals surface area contributed by atoms with Crippen LogP contribution in [-0.4, -0.2) is 25.9 Å². The van der Waals surface area contributed by atoms with Gasteiger partial charge in [-0.05, 0) is 18.2 Å². The Bertz CT molecular complexity index is 736. The van der Waals surface area contributed by atoms with Gasteiger partial charge >= 0.3 is 5.69 Å². The molecule has 6 heteroatoms. The Balaban J connectivity index is 2.12. The van der Waals surface area contributed by atoms with Gasteiger partial charge in [0.1, 0.15) is 0 Å². The summed E-state index contributed by atoms with van der Waals surface area (Å²) in [6.07, 6.45) is 3.00. The average molecular weight is 228 g/mol. The molecule has 0 unspecified atom stereocenters. The van der Waals surface area contributed by atoms with E-state index in [9.17, 15) is 9.59 Å². The summed E-state index contributed by atoms with van der Waals surface area (Å²) in [6, 6.07) is 5.00. The van der Waals surface area contributed by atoms with E-state index in [1.807, 2.05) is 0 Å². The van der Waals surface area contributed by atoms with Crippen molar-refractivity contribution in [1.82, 2.24) is 20.2 Å². The van der Waals surface area contributed by atoms with Crippen molar-refractivity contribution in [2.75, 3.05) is 0 Å². The van der Waals surface area contributed by atoms with Crippen LogP contribution in [0.2, 0.25) is 0 Å². The number of ketones is 1. The first kappa shape index (κ1) is 9.59. The molecular weight excluding hydrogens is 220 g/mol. The molecule has 3 rings (SSSR count). The van der Waals surface area contributed by atoms with Crippen LogP contribution in [-0.2, 0) is 0 Å². The van der Waals surface area contributed by atoms with Crippen LogP contribution >= 0.6 is 0 Å². The molecule has 2 aromatic heterocycles. The van der Waals surface area contributed by atoms with Gasteiger partial charge < -0.3 is 9.97 Å². The smallest absolute Gasteiger partial charge is 0.306 e. The summed E-state index contributed by atoms with van der Waals surface area (Å²) in [5, 5.41) is 6.31. The van der Waals surface area contributed by atoms with E-state index in [0.29, 0.717) is 22.2 Å². The molecule has 0 aliphatic carbocycles. The van der Waals surface area contributed by atoms with Gasteiger partial charge in [0.25, 0.3) is 0 Å². The fourth-order valence-electron chi connectivity index (χ4n) is 1.72. The second-order valence-corrected chi connectivity index (χ2v) is 3.66. The number of imidazole rings is 1. The molecule has 0 bridgehead atoms. The third-order valence-electron chi connectivity index (χ3n) is 2.54. The maximum absolute atomic E-state index is 12.0. The Morgan fingerprint density at radius 3 is 2.71 bits per heavy atom. The number of carbonyl (C=O) groups is 1. The molecule has 2 heterocycles. The van der Waals surface area contributed by atoms with E-state index in [1.54, 1.807) is 18.2 Å². The average Bonchev–Trinajstić information content (AvgIpc) is 2.94. The maximum atomic E-state index is 12.0. The predicted octanol–water partition coefficient (Wildman–Crippen LogP) is 0.810. The fourth-order valence-corrected chi connectivity index (χ4v) is 1.72. The summed E-state index contributed by atoms with van der Waals surface area (Å²) in [5.41, 5.74) is 2.01. The lowest BCUT2D eigenvalue weighted by molar-refractivity contribution is 0.103. The molecule has 0 saturated heterocycles. The normalized spacial score (nSPS) is 10.8. The molecule has 0 amide bonds. The van der Waals surface area contributed by atoms with Crippen molar-refractivity contribution in [2.45, 2.75) is 0 Å². The number of aromatic amines is 3. The fraction of sp³-hybridized carbons (Fsp3) is 0. The number of carbonyl (C=O) groups excluding carboxylic acids is 1. The number of hydrogen-bond acceptors (Lipinski definition) is 3. The summed E-state index contributed by atoms with van der Waals surface area (Å²) in [7, 11) is 0. The molecule has 0 fully saturated rings. The molecule has 6 nitrogen and oxygen atoms in total. The summed E-state index contributed by atoms with van der Waals surface area (Å²) < 4.78 is 0. The minimum absolute atomic E-state index is 0.136. The summed E-state index contributed by atoms with van der Waals surface area (Å²) in [5.74, 6) is -0.136. The molecule has 3 N–H and O–H groups in total. The van der Waals surface area contributed by atoms with Crippen LogP contribution in [0.15, 0.2) is 35.4 Å². The number of benzene rings is 1. The molecule has 0 radical (unpaired) electrons. The molecule has 0 atom stereocenters. The van der Waals surface area contributed by atoms with E-state index < -0.39 is 0 Å². The van der Waals surface area contributed by atoms with Crippen LogP contribution in [0.5, 0.6) is 0 Å². The van der Waals surface area contributed by atoms with E-state index in [4.69, 9.17) is 0 Å². The van der Waals surface area contributed by atoms with E-state index in [-0.39, 0.29) is 11.5 Å². The number of rotatable bonds is 2. The standard InChI is InChI=1S/C11H8N4O2/c16-10(7-4-12-13-5-7)6-1-2-8-9(3-6)15-11(17)14-8/h1-5H,(H,12,13)(H2,14,15,17). The zero-order chi connectivity index (χ0) is 11.8. The second kappa shape index (κ2) is 3.44. The second-order valence-electron chi connectivity index (χ2n) is 3.66. The highest BCUT2D eigenvalue weighted by atomic mass is 16.1. The Labute approximate surface area is 94.7 Å².